The second kappa shape index (κ2) is 6.36. The molecule has 0 aliphatic heterocycles. The third-order valence-corrected chi connectivity index (χ3v) is 6.70. The number of fused-ring (bicyclic) bond motifs is 3. The van der Waals surface area contributed by atoms with E-state index < -0.39 is 11.4 Å². The van der Waals surface area contributed by atoms with Crippen molar-refractivity contribution in [1.29, 1.82) is 0 Å². The highest BCUT2D eigenvalue weighted by molar-refractivity contribution is 6.04. The summed E-state index contributed by atoms with van der Waals surface area (Å²) < 4.78 is 14.8. The fourth-order valence-electron chi connectivity index (χ4n) is 5.15. The molecular weight excluding hydrogens is 333 g/mol. The highest BCUT2D eigenvalue weighted by Gasteiger charge is 2.56. The number of hydrogen-bond donors (Lipinski definition) is 1. The largest absolute Gasteiger partial charge is 0.481 e. The lowest BCUT2D eigenvalue weighted by atomic mass is 9.49. The van der Waals surface area contributed by atoms with Gasteiger partial charge in [-0.25, -0.2) is 4.39 Å². The van der Waals surface area contributed by atoms with E-state index in [9.17, 15) is 14.3 Å². The van der Waals surface area contributed by atoms with Crippen molar-refractivity contribution >= 4 is 11.7 Å². The van der Waals surface area contributed by atoms with Crippen LogP contribution >= 0.6 is 0 Å². The maximum absolute atomic E-state index is 14.8. The van der Waals surface area contributed by atoms with Crippen LogP contribution in [0.3, 0.4) is 0 Å². The van der Waals surface area contributed by atoms with Gasteiger partial charge < -0.3 is 9.94 Å². The summed E-state index contributed by atoms with van der Waals surface area (Å²) >= 11 is 0. The Balaban J connectivity index is 2.26. The van der Waals surface area contributed by atoms with Gasteiger partial charge in [0.05, 0.1) is 11.1 Å². The summed E-state index contributed by atoms with van der Waals surface area (Å²) in [7, 11) is 1.49. The molecule has 1 N–H and O–H groups in total. The molecule has 2 aliphatic carbocycles. The normalized spacial score (nSPS) is 32.3. The van der Waals surface area contributed by atoms with E-state index in [4.69, 9.17) is 4.84 Å². The average molecular weight is 361 g/mol. The molecule has 2 aliphatic rings. The quantitative estimate of drug-likeness (QED) is 0.783. The van der Waals surface area contributed by atoms with Gasteiger partial charge in [-0.1, -0.05) is 32.3 Å². The molecule has 26 heavy (non-hydrogen) atoms. The standard InChI is InChI=1S/C21H28FNO3/c1-12(2)13-9-14-15(10-16(13)22)20(3)7-6-8-21(4,19(24)25)18(20)11-17(14)23-26-5/h9-10,12,18H,6-8,11H2,1-5H3,(H,24,25)/b23-17+/t18?,20-,21-/m1/s1. The molecule has 5 heteroatoms. The van der Waals surface area contributed by atoms with Gasteiger partial charge in [0.1, 0.15) is 12.9 Å². The Morgan fingerprint density at radius 3 is 2.62 bits per heavy atom. The number of carboxylic acid groups (broad SMARTS) is 1. The topological polar surface area (TPSA) is 58.9 Å². The van der Waals surface area contributed by atoms with Gasteiger partial charge in [-0.05, 0) is 66.7 Å². The molecule has 0 aromatic heterocycles. The van der Waals surface area contributed by atoms with Crippen molar-refractivity contribution in [1.82, 2.24) is 0 Å². The Morgan fingerprint density at radius 2 is 2.04 bits per heavy atom. The second-order valence-corrected chi connectivity index (χ2v) is 8.54. The molecule has 0 bridgehead atoms. The molecule has 142 valence electrons. The first kappa shape index (κ1) is 18.9. The summed E-state index contributed by atoms with van der Waals surface area (Å²) in [5.41, 5.74) is 1.92. The number of nitrogens with zero attached hydrogens (tertiary/aromatic N) is 1. The maximum Gasteiger partial charge on any atom is 0.309 e. The van der Waals surface area contributed by atoms with Gasteiger partial charge in [0.25, 0.3) is 0 Å². The molecule has 1 aromatic rings. The van der Waals surface area contributed by atoms with E-state index in [1.165, 1.54) is 7.11 Å². The van der Waals surface area contributed by atoms with Gasteiger partial charge in [0, 0.05) is 5.56 Å². The predicted molar refractivity (Wildman–Crippen MR) is 99.1 cm³/mol. The lowest BCUT2D eigenvalue weighted by molar-refractivity contribution is -0.156. The van der Waals surface area contributed by atoms with Gasteiger partial charge in [-0.2, -0.15) is 0 Å². The number of benzene rings is 1. The number of carbonyl (C=O) groups is 1. The van der Waals surface area contributed by atoms with E-state index >= 15 is 0 Å². The molecule has 0 radical (unpaired) electrons. The highest BCUT2D eigenvalue weighted by Crippen LogP contribution is 2.57. The summed E-state index contributed by atoms with van der Waals surface area (Å²) in [6, 6.07) is 3.51. The zero-order chi connectivity index (χ0) is 19.3. The Labute approximate surface area is 154 Å². The van der Waals surface area contributed by atoms with Crippen molar-refractivity contribution in [2.24, 2.45) is 16.5 Å². The monoisotopic (exact) mass is 361 g/mol. The third kappa shape index (κ3) is 2.63. The molecule has 1 fully saturated rings. The van der Waals surface area contributed by atoms with Gasteiger partial charge in [-0.3, -0.25) is 4.79 Å². The molecule has 4 nitrogen and oxygen atoms in total. The zero-order valence-electron chi connectivity index (χ0n) is 16.2. The number of halogens is 1. The van der Waals surface area contributed by atoms with Crippen molar-refractivity contribution in [3.8, 4) is 0 Å². The van der Waals surface area contributed by atoms with E-state index in [-0.39, 0.29) is 23.1 Å². The van der Waals surface area contributed by atoms with E-state index in [0.29, 0.717) is 18.4 Å². The highest BCUT2D eigenvalue weighted by atomic mass is 19.1. The molecule has 1 aromatic carbocycles. The van der Waals surface area contributed by atoms with Crippen LogP contribution in [0.5, 0.6) is 0 Å². The Bertz CT molecular complexity index is 773. The Hall–Kier alpha value is -1.91. The van der Waals surface area contributed by atoms with Crippen molar-refractivity contribution < 1.29 is 19.1 Å². The predicted octanol–water partition coefficient (Wildman–Crippen LogP) is 4.85. The number of rotatable bonds is 3. The summed E-state index contributed by atoms with van der Waals surface area (Å²) in [6.07, 6.45) is 2.84. The molecule has 0 amide bonds. The fraction of sp³-hybridized carbons (Fsp3) is 0.619. The Kier molecular flexibility index (Phi) is 4.62. The van der Waals surface area contributed by atoms with Crippen molar-refractivity contribution in [3.63, 3.8) is 0 Å². The molecular formula is C21H28FNO3. The summed E-state index contributed by atoms with van der Waals surface area (Å²) in [4.78, 5) is 17.2. The summed E-state index contributed by atoms with van der Waals surface area (Å²) in [6.45, 7) is 7.85. The lowest BCUT2D eigenvalue weighted by Crippen LogP contribution is -2.53. The van der Waals surface area contributed by atoms with E-state index in [2.05, 4.69) is 12.1 Å². The third-order valence-electron chi connectivity index (χ3n) is 6.70. The minimum absolute atomic E-state index is 0.0604. The maximum atomic E-state index is 14.8. The van der Waals surface area contributed by atoms with Gasteiger partial charge in [0.2, 0.25) is 0 Å². The van der Waals surface area contributed by atoms with Crippen LogP contribution in [-0.4, -0.2) is 23.9 Å². The fourth-order valence-corrected chi connectivity index (χ4v) is 5.15. The van der Waals surface area contributed by atoms with Crippen molar-refractivity contribution in [3.05, 3.63) is 34.6 Å². The van der Waals surface area contributed by atoms with Crippen molar-refractivity contribution in [2.45, 2.75) is 64.7 Å². The molecule has 3 rings (SSSR count). The summed E-state index contributed by atoms with van der Waals surface area (Å²) in [5, 5.41) is 14.1. The first-order chi connectivity index (χ1) is 12.1. The molecule has 3 atom stereocenters. The molecule has 0 spiro atoms. The zero-order valence-corrected chi connectivity index (χ0v) is 16.2. The second-order valence-electron chi connectivity index (χ2n) is 8.54. The van der Waals surface area contributed by atoms with Crippen LogP contribution in [-0.2, 0) is 15.0 Å². The van der Waals surface area contributed by atoms with Gasteiger partial charge in [0.15, 0.2) is 0 Å². The molecule has 0 heterocycles. The van der Waals surface area contributed by atoms with Crippen LogP contribution in [0.1, 0.15) is 76.0 Å². The smallest absolute Gasteiger partial charge is 0.309 e. The molecule has 1 saturated carbocycles. The molecule has 0 saturated heterocycles. The first-order valence-corrected chi connectivity index (χ1v) is 9.33. The summed E-state index contributed by atoms with van der Waals surface area (Å²) in [5.74, 6) is -1.09. The van der Waals surface area contributed by atoms with Crippen LogP contribution in [0, 0.1) is 17.2 Å². The Morgan fingerprint density at radius 1 is 1.35 bits per heavy atom. The number of aliphatic carboxylic acids is 1. The number of carboxylic acids is 1. The van der Waals surface area contributed by atoms with Crippen LogP contribution in [0.2, 0.25) is 0 Å². The number of oxime groups is 1. The first-order valence-electron chi connectivity index (χ1n) is 9.33. The van der Waals surface area contributed by atoms with E-state index in [1.54, 1.807) is 6.07 Å². The van der Waals surface area contributed by atoms with E-state index in [0.717, 1.165) is 29.7 Å². The van der Waals surface area contributed by atoms with Gasteiger partial charge in [-0.15, -0.1) is 0 Å². The van der Waals surface area contributed by atoms with Crippen LogP contribution in [0.25, 0.3) is 0 Å². The van der Waals surface area contributed by atoms with Crippen LogP contribution < -0.4 is 0 Å². The lowest BCUT2D eigenvalue weighted by Gasteiger charge is -2.53. The van der Waals surface area contributed by atoms with Gasteiger partial charge >= 0.3 is 5.97 Å². The minimum Gasteiger partial charge on any atom is -0.481 e. The van der Waals surface area contributed by atoms with Crippen molar-refractivity contribution in [2.75, 3.05) is 7.11 Å². The SMILES string of the molecule is CO/N=C1\CC2[C@](C)(C(=O)O)CCC[C@]2(C)c2cc(F)c(C(C)C)cc21. The average Bonchev–Trinajstić information content (AvgIpc) is 2.56. The van der Waals surface area contributed by atoms with Crippen LogP contribution in [0.4, 0.5) is 4.39 Å². The minimum atomic E-state index is -0.855. The van der Waals surface area contributed by atoms with E-state index in [1.807, 2.05) is 26.8 Å². The number of hydrogen-bond acceptors (Lipinski definition) is 3. The molecule has 1 unspecified atom stereocenters. The van der Waals surface area contributed by atoms with Crippen LogP contribution in [0.15, 0.2) is 17.3 Å².